The number of benzene rings is 2. The van der Waals surface area contributed by atoms with Gasteiger partial charge in [-0.05, 0) is 53.8 Å². The van der Waals surface area contributed by atoms with Gasteiger partial charge in [-0.3, -0.25) is 0 Å². The molecular formula is C18H21BrNO3PS. The largest absolute Gasteiger partial charge is 0.508 e. The average molecular weight is 442 g/mol. The first kappa shape index (κ1) is 18.9. The second-order valence-corrected chi connectivity index (χ2v) is 11.5. The van der Waals surface area contributed by atoms with Crippen LogP contribution in [-0.2, 0) is 20.9 Å². The smallest absolute Gasteiger partial charge is 0.215 e. The second-order valence-electron chi connectivity index (χ2n) is 6.90. The molecule has 2 N–H and O–H groups in total. The highest BCUT2D eigenvalue weighted by Crippen LogP contribution is 2.64. The standard InChI is InChI=1S/C18H21BrNO3PS/c1-18(2)11-22-24(25,23-12-18)17(13-3-9-16(21)10-4-13)20-15-7-5-14(19)6-8-15/h3-10,17,20-21H,11-12H2,1-2H3/t17-/m1/s1. The molecule has 0 saturated carbocycles. The summed E-state index contributed by atoms with van der Waals surface area (Å²) in [7, 11) is 0. The first-order chi connectivity index (χ1) is 11.8. The third-order valence-electron chi connectivity index (χ3n) is 3.94. The molecule has 25 heavy (non-hydrogen) atoms. The summed E-state index contributed by atoms with van der Waals surface area (Å²) in [5.74, 6) is -0.0742. The molecule has 3 rings (SSSR count). The molecule has 0 amide bonds. The zero-order chi connectivity index (χ0) is 18.1. The van der Waals surface area contributed by atoms with Gasteiger partial charge in [0.05, 0.1) is 13.2 Å². The number of hydrogen-bond acceptors (Lipinski definition) is 5. The molecule has 2 aromatic rings. The summed E-state index contributed by atoms with van der Waals surface area (Å²) < 4.78 is 13.2. The molecule has 4 nitrogen and oxygen atoms in total. The molecular weight excluding hydrogens is 421 g/mol. The van der Waals surface area contributed by atoms with Crippen LogP contribution in [0, 0.1) is 5.41 Å². The Bertz CT molecular complexity index is 766. The van der Waals surface area contributed by atoms with Crippen LogP contribution in [0.5, 0.6) is 5.75 Å². The van der Waals surface area contributed by atoms with Crippen LogP contribution in [0.4, 0.5) is 5.69 Å². The van der Waals surface area contributed by atoms with Crippen molar-refractivity contribution in [1.82, 2.24) is 0 Å². The van der Waals surface area contributed by atoms with Crippen molar-refractivity contribution in [3.05, 3.63) is 58.6 Å². The van der Waals surface area contributed by atoms with Gasteiger partial charge in [0.25, 0.3) is 0 Å². The van der Waals surface area contributed by atoms with E-state index in [0.29, 0.717) is 13.2 Å². The first-order valence-electron chi connectivity index (χ1n) is 7.97. The van der Waals surface area contributed by atoms with Gasteiger partial charge in [0.15, 0.2) is 0 Å². The van der Waals surface area contributed by atoms with Crippen molar-refractivity contribution in [2.24, 2.45) is 5.41 Å². The fourth-order valence-electron chi connectivity index (χ4n) is 2.46. The molecule has 134 valence electrons. The van der Waals surface area contributed by atoms with E-state index in [9.17, 15) is 5.11 Å². The third kappa shape index (κ3) is 4.63. The van der Waals surface area contributed by atoms with Crippen molar-refractivity contribution in [2.45, 2.75) is 19.6 Å². The number of hydrogen-bond donors (Lipinski definition) is 2. The molecule has 1 aliphatic rings. The fourth-order valence-corrected chi connectivity index (χ4v) is 5.84. The Morgan fingerprint density at radius 1 is 1.08 bits per heavy atom. The van der Waals surface area contributed by atoms with E-state index in [1.54, 1.807) is 12.1 Å². The second kappa shape index (κ2) is 7.37. The number of nitrogens with one attached hydrogen (secondary N) is 1. The predicted molar refractivity (Wildman–Crippen MR) is 109 cm³/mol. The highest BCUT2D eigenvalue weighted by Gasteiger charge is 2.40. The molecule has 2 aromatic carbocycles. The number of halogens is 1. The lowest BCUT2D eigenvalue weighted by Crippen LogP contribution is -2.31. The van der Waals surface area contributed by atoms with Crippen LogP contribution in [0.25, 0.3) is 0 Å². The molecule has 1 aliphatic heterocycles. The van der Waals surface area contributed by atoms with Gasteiger partial charge in [0.1, 0.15) is 11.5 Å². The summed E-state index contributed by atoms with van der Waals surface area (Å²) in [6.45, 7) is 2.75. The van der Waals surface area contributed by atoms with E-state index >= 15 is 0 Å². The molecule has 0 spiro atoms. The number of phenolic OH excluding ortho intramolecular Hbond substituents is 1. The number of anilines is 1. The summed E-state index contributed by atoms with van der Waals surface area (Å²) in [5.41, 5.74) is 1.82. The lowest BCUT2D eigenvalue weighted by molar-refractivity contribution is 0.0579. The van der Waals surface area contributed by atoms with Crippen LogP contribution in [0.15, 0.2) is 53.0 Å². The Morgan fingerprint density at radius 3 is 2.20 bits per heavy atom. The summed E-state index contributed by atoms with van der Waals surface area (Å²) in [5, 5.41) is 13.1. The van der Waals surface area contributed by atoms with E-state index in [1.807, 2.05) is 36.4 Å². The van der Waals surface area contributed by atoms with Crippen LogP contribution < -0.4 is 5.32 Å². The maximum absolute atomic E-state index is 9.60. The molecule has 0 bridgehead atoms. The minimum atomic E-state index is -2.59. The van der Waals surface area contributed by atoms with Gasteiger partial charge in [0.2, 0.25) is 6.49 Å². The predicted octanol–water partition coefficient (Wildman–Crippen LogP) is 5.65. The van der Waals surface area contributed by atoms with Crippen molar-refractivity contribution >= 4 is 39.9 Å². The zero-order valence-corrected chi connectivity index (χ0v) is 17.4. The summed E-state index contributed by atoms with van der Waals surface area (Å²) >= 11 is 9.30. The molecule has 0 unspecified atom stereocenters. The fraction of sp³-hybridized carbons (Fsp3) is 0.333. The van der Waals surface area contributed by atoms with Crippen LogP contribution in [0.2, 0.25) is 0 Å². The van der Waals surface area contributed by atoms with Crippen LogP contribution in [0.3, 0.4) is 0 Å². The van der Waals surface area contributed by atoms with Crippen molar-refractivity contribution < 1.29 is 14.2 Å². The Balaban J connectivity index is 1.92. The molecule has 0 radical (unpaired) electrons. The topological polar surface area (TPSA) is 50.7 Å². The Morgan fingerprint density at radius 2 is 1.64 bits per heavy atom. The summed E-state index contributed by atoms with van der Waals surface area (Å²) in [4.78, 5) is 0. The molecule has 1 heterocycles. The minimum Gasteiger partial charge on any atom is -0.508 e. The Labute approximate surface area is 161 Å². The number of rotatable bonds is 4. The first-order valence-corrected chi connectivity index (χ1v) is 11.5. The van der Waals surface area contributed by atoms with Crippen LogP contribution in [-0.4, -0.2) is 18.3 Å². The van der Waals surface area contributed by atoms with E-state index in [4.69, 9.17) is 20.9 Å². The van der Waals surface area contributed by atoms with E-state index in [1.165, 1.54) is 0 Å². The third-order valence-corrected chi connectivity index (χ3v) is 7.77. The van der Waals surface area contributed by atoms with Gasteiger partial charge in [-0.2, -0.15) is 0 Å². The van der Waals surface area contributed by atoms with Gasteiger partial charge in [-0.1, -0.05) is 41.9 Å². The Hall–Kier alpha value is -0.910. The maximum atomic E-state index is 9.60. The van der Waals surface area contributed by atoms with E-state index in [-0.39, 0.29) is 16.9 Å². The average Bonchev–Trinajstić information content (AvgIpc) is 2.58. The quantitative estimate of drug-likeness (QED) is 0.600. The molecule has 0 aliphatic carbocycles. The lowest BCUT2D eigenvalue weighted by atomic mass is 9.97. The number of phenols is 1. The summed E-state index contributed by atoms with van der Waals surface area (Å²) in [6.07, 6.45) is 0. The minimum absolute atomic E-state index is 0.0422. The SMILES string of the molecule is CC1(C)COP(=S)([C@@H](Nc2ccc(Br)cc2)c2ccc(O)cc2)OC1. The molecule has 1 atom stereocenters. The molecule has 0 aromatic heterocycles. The molecule has 1 fully saturated rings. The van der Waals surface area contributed by atoms with Crippen molar-refractivity contribution in [1.29, 1.82) is 0 Å². The van der Waals surface area contributed by atoms with E-state index in [0.717, 1.165) is 15.7 Å². The van der Waals surface area contributed by atoms with Gasteiger partial charge >= 0.3 is 0 Å². The maximum Gasteiger partial charge on any atom is 0.215 e. The van der Waals surface area contributed by atoms with Gasteiger partial charge in [-0.25, -0.2) is 0 Å². The Kier molecular flexibility index (Phi) is 5.57. The monoisotopic (exact) mass is 441 g/mol. The van der Waals surface area contributed by atoms with Gasteiger partial charge < -0.3 is 19.5 Å². The zero-order valence-electron chi connectivity index (χ0n) is 14.1. The van der Waals surface area contributed by atoms with Crippen LogP contribution in [0.1, 0.15) is 25.2 Å². The molecule has 1 saturated heterocycles. The molecule has 7 heteroatoms. The van der Waals surface area contributed by atoms with E-state index in [2.05, 4.69) is 35.1 Å². The summed E-state index contributed by atoms with van der Waals surface area (Å²) in [6, 6.07) is 14.9. The van der Waals surface area contributed by atoms with Crippen molar-refractivity contribution in [3.8, 4) is 5.75 Å². The lowest BCUT2D eigenvalue weighted by Gasteiger charge is -2.40. The van der Waals surface area contributed by atoms with Crippen molar-refractivity contribution in [3.63, 3.8) is 0 Å². The number of aromatic hydroxyl groups is 1. The van der Waals surface area contributed by atoms with E-state index < -0.39 is 6.49 Å². The highest BCUT2D eigenvalue weighted by atomic mass is 79.9. The normalized spacial score (nSPS) is 20.0. The highest BCUT2D eigenvalue weighted by molar-refractivity contribution is 9.10. The van der Waals surface area contributed by atoms with Crippen LogP contribution >= 0.6 is 22.4 Å². The van der Waals surface area contributed by atoms with Gasteiger partial charge in [-0.15, -0.1) is 0 Å². The van der Waals surface area contributed by atoms with Gasteiger partial charge in [0, 0.05) is 15.6 Å². The van der Waals surface area contributed by atoms with Crippen molar-refractivity contribution in [2.75, 3.05) is 18.5 Å².